The lowest BCUT2D eigenvalue weighted by molar-refractivity contribution is -0.185. The third kappa shape index (κ3) is 5.70. The molecule has 6 nitrogen and oxygen atoms in total. The molecule has 0 amide bonds. The van der Waals surface area contributed by atoms with Gasteiger partial charge in [0.1, 0.15) is 11.5 Å². The normalized spacial score (nSPS) is 33.2. The number of phenols is 2. The van der Waals surface area contributed by atoms with Crippen molar-refractivity contribution in [3.05, 3.63) is 47.1 Å². The summed E-state index contributed by atoms with van der Waals surface area (Å²) in [5.74, 6) is 1.36. The van der Waals surface area contributed by atoms with Crippen molar-refractivity contribution >= 4 is 17.5 Å². The molecule has 0 aliphatic heterocycles. The summed E-state index contributed by atoms with van der Waals surface area (Å²) in [6, 6.07) is 4.81. The molecule has 0 spiro atoms. The topological polar surface area (TPSA) is 101 Å². The second kappa shape index (κ2) is 12.4. The molecule has 6 heteroatoms. The number of Topliss-reactive ketones (excluding diaryl/α,β-unsaturated/α-hetero) is 1. The van der Waals surface area contributed by atoms with Crippen molar-refractivity contribution < 1.29 is 29.3 Å². The van der Waals surface area contributed by atoms with Crippen molar-refractivity contribution in [3.8, 4) is 11.5 Å². The monoisotopic (exact) mass is 578 g/mol. The minimum Gasteiger partial charge on any atom is -0.508 e. The largest absolute Gasteiger partial charge is 0.508 e. The highest BCUT2D eigenvalue weighted by atomic mass is 16.6. The number of aryl methyl sites for hydroxylation is 1. The second-order valence-corrected chi connectivity index (χ2v) is 13.7. The molecule has 0 aromatic heterocycles. The summed E-state index contributed by atoms with van der Waals surface area (Å²) in [6.07, 6.45) is 14.9. The summed E-state index contributed by atoms with van der Waals surface area (Å²) in [5, 5.41) is 18.6. The second-order valence-electron chi connectivity index (χ2n) is 13.7. The van der Waals surface area contributed by atoms with Crippen molar-refractivity contribution in [3.63, 3.8) is 0 Å². The number of esters is 1. The number of hydrogen-bond acceptors (Lipinski definition) is 6. The molecule has 0 bridgehead atoms. The Bertz CT molecular complexity index is 1280. The van der Waals surface area contributed by atoms with Gasteiger partial charge in [0.15, 0.2) is 17.2 Å². The number of carbonyl (C=O) groups excluding carboxylic acids is 3. The Labute approximate surface area is 251 Å². The van der Waals surface area contributed by atoms with Gasteiger partial charge in [-0.3, -0.25) is 14.4 Å². The molecule has 6 atom stereocenters. The molecule has 230 valence electrons. The predicted octanol–water partition coefficient (Wildman–Crippen LogP) is 7.80. The lowest BCUT2D eigenvalue weighted by Gasteiger charge is -2.58. The van der Waals surface area contributed by atoms with Crippen LogP contribution in [-0.2, 0) is 25.5 Å². The molecule has 2 N–H and O–H groups in total. The summed E-state index contributed by atoms with van der Waals surface area (Å²) in [4.78, 5) is 36.8. The fraction of sp³-hybridized carbons (Fsp3) is 0.639. The van der Waals surface area contributed by atoms with Crippen LogP contribution in [-0.4, -0.2) is 33.3 Å². The quantitative estimate of drug-likeness (QED) is 0.253. The van der Waals surface area contributed by atoms with Crippen LogP contribution in [0.3, 0.4) is 0 Å². The lowest BCUT2D eigenvalue weighted by Crippen LogP contribution is -2.58. The molecule has 0 heterocycles. The maximum atomic E-state index is 12.8. The Morgan fingerprint density at radius 2 is 1.71 bits per heavy atom. The van der Waals surface area contributed by atoms with Crippen LogP contribution in [0.1, 0.15) is 111 Å². The first-order valence-corrected chi connectivity index (χ1v) is 15.9. The maximum absolute atomic E-state index is 12.8. The summed E-state index contributed by atoms with van der Waals surface area (Å²) < 4.78 is 5.82. The van der Waals surface area contributed by atoms with Gasteiger partial charge in [0, 0.05) is 24.8 Å². The molecule has 0 saturated heterocycles. The van der Waals surface area contributed by atoms with Crippen molar-refractivity contribution in [1.82, 2.24) is 0 Å². The van der Waals surface area contributed by atoms with Gasteiger partial charge >= 0.3 is 5.97 Å². The van der Waals surface area contributed by atoms with Crippen LogP contribution < -0.4 is 0 Å². The average Bonchev–Trinajstić information content (AvgIpc) is 3.22. The molecule has 2 fully saturated rings. The first-order chi connectivity index (χ1) is 19.8. The van der Waals surface area contributed by atoms with Gasteiger partial charge in [-0.2, -0.15) is 0 Å². The number of phenolic OH excluding ortho intramolecular Hbond substituents is 2. The smallest absolute Gasteiger partial charge is 0.303 e. The predicted molar refractivity (Wildman–Crippen MR) is 164 cm³/mol. The standard InChI is InChI=1S/C24H32O4.C12H18O2/c1-14-12-18-19(22(4)9-6-17(27)13-21(14)22)7-10-23(5)20(18)8-11-24(23,15(2)25)28-16(3)26;1-2-3-4-5-6-10-7-8-11(13)9-12(10)14/h12-13,18-20H,6-11H2,1-5H3;7-9,13-14H,2-6H2,1H3. The van der Waals surface area contributed by atoms with E-state index in [4.69, 9.17) is 9.84 Å². The van der Waals surface area contributed by atoms with Crippen molar-refractivity contribution in [2.24, 2.45) is 28.6 Å². The lowest BCUT2D eigenvalue weighted by atomic mass is 9.47. The van der Waals surface area contributed by atoms with Crippen molar-refractivity contribution in [1.29, 1.82) is 0 Å². The fourth-order valence-electron chi connectivity index (χ4n) is 8.98. The van der Waals surface area contributed by atoms with Gasteiger partial charge in [-0.15, -0.1) is 0 Å². The SMILES string of the molecule is CC(=O)OC1(C(C)=O)CCC2C3C=C(C)C4=CC(=O)CCC4(C)C3CCC21C.CCCCCCc1ccc(O)cc1O. The third-order valence-electron chi connectivity index (χ3n) is 11.2. The highest BCUT2D eigenvalue weighted by Crippen LogP contribution is 2.67. The Balaban J connectivity index is 0.000000244. The van der Waals surface area contributed by atoms with E-state index in [1.54, 1.807) is 19.1 Å². The zero-order valence-corrected chi connectivity index (χ0v) is 26.4. The molecule has 1 aromatic carbocycles. The number of allylic oxidation sites excluding steroid dienone is 4. The molecule has 42 heavy (non-hydrogen) atoms. The number of ether oxygens (including phenoxy) is 1. The number of hydrogen-bond donors (Lipinski definition) is 2. The molecule has 4 aliphatic rings. The number of fused-ring (bicyclic) bond motifs is 5. The van der Waals surface area contributed by atoms with Gasteiger partial charge in [-0.05, 0) is 105 Å². The Morgan fingerprint density at radius 3 is 2.36 bits per heavy atom. The first kappa shape index (κ1) is 32.0. The molecule has 5 rings (SSSR count). The number of carbonyl (C=O) groups is 3. The van der Waals surface area contributed by atoms with Gasteiger partial charge < -0.3 is 14.9 Å². The van der Waals surface area contributed by atoms with Crippen LogP contribution in [0.25, 0.3) is 0 Å². The van der Waals surface area contributed by atoms with Crippen LogP contribution in [0.15, 0.2) is 41.5 Å². The number of benzene rings is 1. The molecular formula is C36H50O6. The summed E-state index contributed by atoms with van der Waals surface area (Å²) in [7, 11) is 0. The van der Waals surface area contributed by atoms with Crippen LogP contribution in [0.2, 0.25) is 0 Å². The van der Waals surface area contributed by atoms with Crippen LogP contribution in [0.5, 0.6) is 11.5 Å². The highest BCUT2D eigenvalue weighted by molar-refractivity contribution is 5.92. The van der Waals surface area contributed by atoms with E-state index in [9.17, 15) is 19.5 Å². The first-order valence-electron chi connectivity index (χ1n) is 15.9. The number of unbranched alkanes of at least 4 members (excludes halogenated alkanes) is 3. The van der Waals surface area contributed by atoms with Crippen molar-refractivity contribution in [2.45, 2.75) is 118 Å². The molecule has 2 saturated carbocycles. The summed E-state index contributed by atoms with van der Waals surface area (Å²) >= 11 is 0. The zero-order chi connectivity index (χ0) is 30.9. The van der Waals surface area contributed by atoms with Gasteiger partial charge in [0.25, 0.3) is 0 Å². The molecular weight excluding hydrogens is 528 g/mol. The third-order valence-corrected chi connectivity index (χ3v) is 11.2. The Hall–Kier alpha value is -2.89. The van der Waals surface area contributed by atoms with E-state index in [1.807, 2.05) is 6.08 Å². The minimum absolute atomic E-state index is 0.0160. The van der Waals surface area contributed by atoms with E-state index < -0.39 is 5.60 Å². The van der Waals surface area contributed by atoms with Gasteiger partial charge in [0.05, 0.1) is 0 Å². The van der Waals surface area contributed by atoms with Crippen LogP contribution in [0.4, 0.5) is 0 Å². The van der Waals surface area contributed by atoms with Crippen LogP contribution >= 0.6 is 0 Å². The van der Waals surface area contributed by atoms with Crippen LogP contribution in [0, 0.1) is 28.6 Å². The number of ketones is 2. The van der Waals surface area contributed by atoms with Crippen molar-refractivity contribution in [2.75, 3.05) is 0 Å². The molecule has 6 unspecified atom stereocenters. The van der Waals surface area contributed by atoms with E-state index in [2.05, 4.69) is 33.8 Å². The van der Waals surface area contributed by atoms with Gasteiger partial charge in [-0.1, -0.05) is 57.7 Å². The fourth-order valence-corrected chi connectivity index (χ4v) is 8.98. The Morgan fingerprint density at radius 1 is 1.00 bits per heavy atom. The van der Waals surface area contributed by atoms with Gasteiger partial charge in [-0.25, -0.2) is 0 Å². The number of rotatable bonds is 7. The maximum Gasteiger partial charge on any atom is 0.303 e. The van der Waals surface area contributed by atoms with E-state index >= 15 is 0 Å². The van der Waals surface area contributed by atoms with E-state index in [1.165, 1.54) is 43.4 Å². The number of aromatic hydroxyl groups is 2. The molecule has 0 radical (unpaired) electrons. The zero-order valence-electron chi connectivity index (χ0n) is 26.4. The van der Waals surface area contributed by atoms with E-state index in [0.29, 0.717) is 30.6 Å². The summed E-state index contributed by atoms with van der Waals surface area (Å²) in [6.45, 7) is 11.8. The molecule has 4 aliphatic carbocycles. The van der Waals surface area contributed by atoms with E-state index in [0.717, 1.165) is 44.1 Å². The summed E-state index contributed by atoms with van der Waals surface area (Å²) in [5.41, 5.74) is 2.08. The van der Waals surface area contributed by atoms with E-state index in [-0.39, 0.29) is 39.9 Å². The molecule has 1 aromatic rings. The Kier molecular flexibility index (Phi) is 9.44. The van der Waals surface area contributed by atoms with Gasteiger partial charge in [0.2, 0.25) is 0 Å². The average molecular weight is 579 g/mol. The minimum atomic E-state index is -0.990. The highest BCUT2D eigenvalue weighted by Gasteiger charge is 2.67.